The number of hydrogen-bond acceptors (Lipinski definition) is 10. The zero-order valence-electron chi connectivity index (χ0n) is 35.7. The number of hydrogen-bond donors (Lipinski definition) is 3. The van der Waals surface area contributed by atoms with Gasteiger partial charge in [-0.25, -0.2) is 23.8 Å². The molecule has 0 aliphatic carbocycles. The van der Waals surface area contributed by atoms with Crippen molar-refractivity contribution in [2.45, 2.75) is 105 Å². The van der Waals surface area contributed by atoms with Gasteiger partial charge in [0.15, 0.2) is 5.65 Å². The quantitative estimate of drug-likeness (QED) is 0.108. The molecule has 0 unspecified atom stereocenters. The first-order valence-electron chi connectivity index (χ1n) is 21.2. The number of carbonyl (C=O) groups is 2. The highest BCUT2D eigenvalue weighted by atomic mass is 19.1. The Balaban J connectivity index is 0.963. The third-order valence-electron chi connectivity index (χ3n) is 11.1. The Morgan fingerprint density at radius 2 is 1.80 bits per heavy atom. The Morgan fingerprint density at radius 3 is 2.52 bits per heavy atom. The maximum absolute atomic E-state index is 15.3. The number of ether oxygens (including phenoxy) is 2. The van der Waals surface area contributed by atoms with Gasteiger partial charge >= 0.3 is 6.09 Å². The summed E-state index contributed by atoms with van der Waals surface area (Å²) in [6.07, 6.45) is 5.79. The van der Waals surface area contributed by atoms with Crippen LogP contribution in [0.2, 0.25) is 0 Å². The molecule has 3 aromatic heterocycles. The average molecular weight is 820 g/mol. The van der Waals surface area contributed by atoms with Gasteiger partial charge < -0.3 is 30.3 Å². The van der Waals surface area contributed by atoms with Crippen LogP contribution in [-0.2, 0) is 42.1 Å². The van der Waals surface area contributed by atoms with E-state index in [1.54, 1.807) is 35.4 Å². The van der Waals surface area contributed by atoms with Crippen LogP contribution in [0.4, 0.5) is 20.7 Å². The minimum absolute atomic E-state index is 0.000815. The van der Waals surface area contributed by atoms with Gasteiger partial charge in [0.2, 0.25) is 0 Å². The van der Waals surface area contributed by atoms with E-state index in [4.69, 9.17) is 14.5 Å². The minimum Gasteiger partial charge on any atom is -0.444 e. The summed E-state index contributed by atoms with van der Waals surface area (Å²) >= 11 is 0. The molecule has 318 valence electrons. The van der Waals surface area contributed by atoms with Crippen LogP contribution in [-0.4, -0.2) is 92.1 Å². The van der Waals surface area contributed by atoms with Gasteiger partial charge in [-0.2, -0.15) is 5.10 Å². The molecule has 2 saturated heterocycles. The van der Waals surface area contributed by atoms with Gasteiger partial charge in [-0.3, -0.25) is 9.69 Å². The fourth-order valence-corrected chi connectivity index (χ4v) is 7.96. The minimum atomic E-state index is -0.542. The number of halogens is 1. The fourth-order valence-electron chi connectivity index (χ4n) is 7.96. The summed E-state index contributed by atoms with van der Waals surface area (Å²) in [6.45, 7) is 17.4. The van der Waals surface area contributed by atoms with E-state index in [2.05, 4.69) is 44.8 Å². The number of piperazine rings is 1. The van der Waals surface area contributed by atoms with E-state index in [-0.39, 0.29) is 30.4 Å². The molecule has 5 aromatic rings. The summed E-state index contributed by atoms with van der Waals surface area (Å²) in [4.78, 5) is 39.7. The van der Waals surface area contributed by atoms with Gasteiger partial charge in [0.25, 0.3) is 5.91 Å². The molecule has 2 fully saturated rings. The van der Waals surface area contributed by atoms with E-state index in [1.807, 2.05) is 62.8 Å². The van der Waals surface area contributed by atoms with Crippen molar-refractivity contribution in [1.82, 2.24) is 34.9 Å². The molecule has 2 aromatic carbocycles. The number of nitrogens with one attached hydrogen (secondary N) is 3. The van der Waals surface area contributed by atoms with E-state index in [1.165, 1.54) is 6.07 Å². The van der Waals surface area contributed by atoms with Crippen LogP contribution in [0.3, 0.4) is 0 Å². The smallest absolute Gasteiger partial charge is 0.410 e. The number of aryl methyl sites for hydroxylation is 2. The lowest BCUT2D eigenvalue weighted by Crippen LogP contribution is -2.54. The van der Waals surface area contributed by atoms with Crippen molar-refractivity contribution >= 4 is 34.5 Å². The van der Waals surface area contributed by atoms with Gasteiger partial charge in [0, 0.05) is 94.1 Å². The second-order valence-corrected chi connectivity index (χ2v) is 16.7. The third-order valence-corrected chi connectivity index (χ3v) is 11.1. The van der Waals surface area contributed by atoms with Crippen LogP contribution >= 0.6 is 0 Å². The first kappa shape index (κ1) is 42.5. The summed E-state index contributed by atoms with van der Waals surface area (Å²) in [7, 11) is 0. The van der Waals surface area contributed by atoms with Gasteiger partial charge in [-0.1, -0.05) is 31.2 Å². The van der Waals surface area contributed by atoms with Crippen LogP contribution in [0.5, 0.6) is 0 Å². The van der Waals surface area contributed by atoms with Crippen LogP contribution < -0.4 is 16.0 Å². The summed E-state index contributed by atoms with van der Waals surface area (Å²) < 4.78 is 28.4. The first-order chi connectivity index (χ1) is 28.9. The predicted octanol–water partition coefficient (Wildman–Crippen LogP) is 7.79. The summed E-state index contributed by atoms with van der Waals surface area (Å²) in [5, 5.41) is 15.8. The average Bonchev–Trinajstić information content (AvgIpc) is 3.65. The molecule has 13 nitrogen and oxygen atoms in total. The molecule has 1 atom stereocenters. The maximum atomic E-state index is 15.3. The monoisotopic (exact) mass is 819 g/mol. The zero-order chi connectivity index (χ0) is 42.4. The molecule has 14 heteroatoms. The van der Waals surface area contributed by atoms with Gasteiger partial charge in [0.05, 0.1) is 22.8 Å². The van der Waals surface area contributed by atoms with E-state index < -0.39 is 5.60 Å². The first-order valence-corrected chi connectivity index (χ1v) is 21.2. The molecule has 2 amide bonds. The lowest BCUT2D eigenvalue weighted by atomic mass is 10.00. The molecule has 0 radical (unpaired) electrons. The Hall–Kier alpha value is -5.60. The Bertz CT molecular complexity index is 2280. The number of amides is 2. The molecule has 0 spiro atoms. The number of rotatable bonds is 13. The highest BCUT2D eigenvalue weighted by Gasteiger charge is 2.31. The van der Waals surface area contributed by atoms with Crippen molar-refractivity contribution in [2.75, 3.05) is 43.5 Å². The van der Waals surface area contributed by atoms with Crippen LogP contribution in [0, 0.1) is 5.82 Å². The number of anilines is 2. The number of pyridine rings is 2. The lowest BCUT2D eigenvalue weighted by Gasteiger charge is -2.40. The van der Waals surface area contributed by atoms with Gasteiger partial charge in [-0.15, -0.1) is 0 Å². The summed E-state index contributed by atoms with van der Waals surface area (Å²) in [6, 6.07) is 16.7. The number of aromatic nitrogens is 4. The molecular formula is C46H58FN9O4. The summed E-state index contributed by atoms with van der Waals surface area (Å²) in [5.74, 6) is 0.0260. The number of fused-ring (bicyclic) bond motifs is 1. The molecule has 2 aliphatic heterocycles. The van der Waals surface area contributed by atoms with Crippen molar-refractivity contribution < 1.29 is 23.5 Å². The van der Waals surface area contributed by atoms with Crippen molar-refractivity contribution in [3.05, 3.63) is 101 Å². The van der Waals surface area contributed by atoms with Crippen molar-refractivity contribution in [1.29, 1.82) is 0 Å². The van der Waals surface area contributed by atoms with Crippen molar-refractivity contribution in [3.8, 4) is 11.1 Å². The summed E-state index contributed by atoms with van der Waals surface area (Å²) in [5.41, 5.74) is 6.92. The van der Waals surface area contributed by atoms with E-state index in [9.17, 15) is 9.59 Å². The zero-order valence-corrected chi connectivity index (χ0v) is 35.7. The molecule has 3 N–H and O–H groups in total. The number of nitrogens with zero attached hydrogens (tertiary/aromatic N) is 6. The predicted molar refractivity (Wildman–Crippen MR) is 232 cm³/mol. The number of carbonyl (C=O) groups excluding carboxylic acids is 2. The fraction of sp³-hybridized carbons (Fsp3) is 0.457. The van der Waals surface area contributed by atoms with E-state index >= 15 is 4.39 Å². The van der Waals surface area contributed by atoms with Crippen molar-refractivity contribution in [2.24, 2.45) is 0 Å². The highest BCUT2D eigenvalue weighted by molar-refractivity contribution is 5.94. The Kier molecular flexibility index (Phi) is 13.3. The van der Waals surface area contributed by atoms with E-state index in [0.29, 0.717) is 55.7 Å². The molecule has 0 bridgehead atoms. The second kappa shape index (κ2) is 18.8. The normalized spacial score (nSPS) is 16.5. The van der Waals surface area contributed by atoms with Crippen LogP contribution in [0.1, 0.15) is 87.1 Å². The second-order valence-electron chi connectivity index (χ2n) is 16.7. The standard InChI is InChI=1S/C46H58FN9O4/c1-7-40-37(42(52-35-16-20-59-21-17-35)38-27-51-56(8-2)43(38)53-40)26-49-41-15-13-34(25-48-41)44(57)50-24-31-12-14-39(47)36(23-31)33-11-9-10-32(22-33)29-54-18-19-55(30(3)28-54)45(58)60-46(4,5)6/h9-15,22-23,25,27,30,35H,7-8,16-21,24,26,28-29H2,1-6H3,(H,48,49)(H,50,57)(H,52,53)/t30-/m0/s1. The topological polar surface area (TPSA) is 139 Å². The maximum Gasteiger partial charge on any atom is 0.410 e. The third kappa shape index (κ3) is 10.2. The molecule has 0 saturated carbocycles. The molecule has 7 rings (SSSR count). The van der Waals surface area contributed by atoms with E-state index in [0.717, 1.165) is 83.7 Å². The molecule has 5 heterocycles. The van der Waals surface area contributed by atoms with Crippen LogP contribution in [0.15, 0.2) is 67.0 Å². The number of benzene rings is 2. The van der Waals surface area contributed by atoms with Crippen molar-refractivity contribution in [3.63, 3.8) is 0 Å². The van der Waals surface area contributed by atoms with Gasteiger partial charge in [0.1, 0.15) is 17.2 Å². The molecule has 60 heavy (non-hydrogen) atoms. The van der Waals surface area contributed by atoms with Gasteiger partial charge in [-0.05, 0) is 101 Å². The molecular weight excluding hydrogens is 762 g/mol. The Morgan fingerprint density at radius 1 is 0.983 bits per heavy atom. The SMILES string of the molecule is CCc1nc2c(cnn2CC)c(NC2CCOCC2)c1CNc1ccc(C(=O)NCc2ccc(F)c(-c3cccc(CN4CCN(C(=O)OC(C)(C)C)[C@@H](C)C4)c3)c2)cn1. The molecule has 2 aliphatic rings. The highest BCUT2D eigenvalue weighted by Crippen LogP contribution is 2.32. The largest absolute Gasteiger partial charge is 0.444 e. The lowest BCUT2D eigenvalue weighted by molar-refractivity contribution is 0.000548. The Labute approximate surface area is 352 Å². The van der Waals surface area contributed by atoms with Crippen LogP contribution in [0.25, 0.3) is 22.2 Å².